The molecule has 1 rings (SSSR count). The Kier molecular flexibility index (Phi) is 7.47. The lowest BCUT2D eigenvalue weighted by atomic mass is 10.1. The third-order valence-corrected chi connectivity index (χ3v) is 3.94. The largest absolute Gasteiger partial charge is 0.393 e. The van der Waals surface area contributed by atoms with Gasteiger partial charge < -0.3 is 15.7 Å². The molecule has 0 aliphatic rings. The number of aliphatic hydroxyl groups excluding tert-OH is 1. The van der Waals surface area contributed by atoms with Gasteiger partial charge in [0.2, 0.25) is 0 Å². The van der Waals surface area contributed by atoms with Gasteiger partial charge in [-0.15, -0.1) is 11.8 Å². The molecule has 0 saturated carbocycles. The van der Waals surface area contributed by atoms with Crippen LogP contribution in [0.1, 0.15) is 30.9 Å². The number of hydrogen-bond donors (Lipinski definition) is 3. The van der Waals surface area contributed by atoms with Gasteiger partial charge in [0, 0.05) is 18.0 Å². The van der Waals surface area contributed by atoms with E-state index in [0.717, 1.165) is 5.56 Å². The van der Waals surface area contributed by atoms with Crippen molar-refractivity contribution in [1.82, 2.24) is 10.6 Å². The second-order valence-electron chi connectivity index (χ2n) is 4.78. The van der Waals surface area contributed by atoms with Crippen molar-refractivity contribution in [3.63, 3.8) is 0 Å². The van der Waals surface area contributed by atoms with E-state index in [0.29, 0.717) is 25.9 Å². The Labute approximate surface area is 125 Å². The quantitative estimate of drug-likeness (QED) is 0.678. The van der Waals surface area contributed by atoms with Gasteiger partial charge in [0.15, 0.2) is 0 Å². The van der Waals surface area contributed by atoms with Crippen molar-refractivity contribution in [2.75, 3.05) is 12.8 Å². The van der Waals surface area contributed by atoms with Crippen LogP contribution in [0, 0.1) is 6.92 Å². The van der Waals surface area contributed by atoms with E-state index < -0.39 is 0 Å². The number of nitrogens with one attached hydrogen (secondary N) is 2. The minimum Gasteiger partial charge on any atom is -0.393 e. The SMILES string of the molecule is CCC(O)CCNC(=O)NCc1ccc(C)cc1SC. The Morgan fingerprint density at radius 1 is 1.40 bits per heavy atom. The lowest BCUT2D eigenvalue weighted by molar-refractivity contribution is 0.160. The number of aliphatic hydroxyl groups is 1. The molecule has 2 amide bonds. The van der Waals surface area contributed by atoms with Crippen LogP contribution in [0.2, 0.25) is 0 Å². The van der Waals surface area contributed by atoms with Gasteiger partial charge in [-0.1, -0.05) is 19.1 Å². The lowest BCUT2D eigenvalue weighted by Crippen LogP contribution is -2.36. The molecular weight excluding hydrogens is 272 g/mol. The van der Waals surface area contributed by atoms with Crippen molar-refractivity contribution in [1.29, 1.82) is 0 Å². The van der Waals surface area contributed by atoms with Crippen molar-refractivity contribution in [2.45, 2.75) is 44.2 Å². The normalized spacial score (nSPS) is 12.0. The number of urea groups is 1. The molecular formula is C15H24N2O2S. The fourth-order valence-corrected chi connectivity index (χ4v) is 2.50. The lowest BCUT2D eigenvalue weighted by Gasteiger charge is -2.12. The van der Waals surface area contributed by atoms with E-state index in [-0.39, 0.29) is 12.1 Å². The summed E-state index contributed by atoms with van der Waals surface area (Å²) in [7, 11) is 0. The molecule has 0 aromatic heterocycles. The maximum Gasteiger partial charge on any atom is 0.315 e. The average molecular weight is 296 g/mol. The van der Waals surface area contributed by atoms with Gasteiger partial charge in [0.25, 0.3) is 0 Å². The fourth-order valence-electron chi connectivity index (χ4n) is 1.79. The summed E-state index contributed by atoms with van der Waals surface area (Å²) < 4.78 is 0. The Bertz CT molecular complexity index is 438. The van der Waals surface area contributed by atoms with Crippen LogP contribution in [0.15, 0.2) is 23.1 Å². The highest BCUT2D eigenvalue weighted by atomic mass is 32.2. The molecule has 0 saturated heterocycles. The number of benzene rings is 1. The van der Waals surface area contributed by atoms with Gasteiger partial charge in [-0.05, 0) is 43.2 Å². The summed E-state index contributed by atoms with van der Waals surface area (Å²) in [5.74, 6) is 0. The highest BCUT2D eigenvalue weighted by Crippen LogP contribution is 2.21. The third kappa shape index (κ3) is 5.84. The van der Waals surface area contributed by atoms with Crippen molar-refractivity contribution in [3.8, 4) is 0 Å². The summed E-state index contributed by atoms with van der Waals surface area (Å²) in [4.78, 5) is 12.8. The topological polar surface area (TPSA) is 61.4 Å². The number of aryl methyl sites for hydroxylation is 1. The van der Waals surface area contributed by atoms with Crippen molar-refractivity contribution < 1.29 is 9.90 Å². The molecule has 112 valence electrons. The second kappa shape index (κ2) is 8.87. The van der Waals surface area contributed by atoms with Crippen molar-refractivity contribution >= 4 is 17.8 Å². The highest BCUT2D eigenvalue weighted by molar-refractivity contribution is 7.98. The molecule has 1 unspecified atom stereocenters. The molecule has 0 spiro atoms. The van der Waals surface area contributed by atoms with Gasteiger partial charge in [-0.3, -0.25) is 0 Å². The molecule has 3 N–H and O–H groups in total. The number of carbonyl (C=O) groups excluding carboxylic acids is 1. The maximum absolute atomic E-state index is 11.6. The summed E-state index contributed by atoms with van der Waals surface area (Å²) in [6, 6.07) is 6.02. The highest BCUT2D eigenvalue weighted by Gasteiger charge is 2.06. The van der Waals surface area contributed by atoms with Crippen LogP contribution < -0.4 is 10.6 Å². The van der Waals surface area contributed by atoms with E-state index in [2.05, 4.69) is 23.6 Å². The molecule has 1 atom stereocenters. The van der Waals surface area contributed by atoms with Gasteiger partial charge in [-0.25, -0.2) is 4.79 Å². The number of thioether (sulfide) groups is 1. The zero-order chi connectivity index (χ0) is 15.0. The molecule has 0 aliphatic carbocycles. The summed E-state index contributed by atoms with van der Waals surface area (Å²) in [5, 5.41) is 15.0. The van der Waals surface area contributed by atoms with Crippen LogP contribution in [-0.2, 0) is 6.54 Å². The summed E-state index contributed by atoms with van der Waals surface area (Å²) >= 11 is 1.68. The molecule has 1 aromatic rings. The van der Waals surface area contributed by atoms with Crippen LogP contribution >= 0.6 is 11.8 Å². The smallest absolute Gasteiger partial charge is 0.315 e. The summed E-state index contributed by atoms with van der Waals surface area (Å²) in [6.45, 7) is 4.98. The standard InChI is InChI=1S/C15H24N2O2S/c1-4-13(18)7-8-16-15(19)17-10-12-6-5-11(2)9-14(12)20-3/h5-6,9,13,18H,4,7-8,10H2,1-3H3,(H2,16,17,19). The number of carbonyl (C=O) groups is 1. The van der Waals surface area contributed by atoms with Crippen LogP contribution in [0.5, 0.6) is 0 Å². The molecule has 5 heteroatoms. The van der Waals surface area contributed by atoms with Crippen LogP contribution in [0.4, 0.5) is 4.79 Å². The predicted octanol–water partition coefficient (Wildman–Crippen LogP) is 2.68. The van der Waals surface area contributed by atoms with E-state index in [9.17, 15) is 9.90 Å². The van der Waals surface area contributed by atoms with Gasteiger partial charge in [0.1, 0.15) is 0 Å². The maximum atomic E-state index is 11.6. The third-order valence-electron chi connectivity index (χ3n) is 3.12. The molecule has 1 aromatic carbocycles. The number of hydrogen-bond acceptors (Lipinski definition) is 3. The molecule has 0 aliphatic heterocycles. The van der Waals surface area contributed by atoms with Crippen LogP contribution in [0.3, 0.4) is 0 Å². The fraction of sp³-hybridized carbons (Fsp3) is 0.533. The van der Waals surface area contributed by atoms with Crippen molar-refractivity contribution in [2.24, 2.45) is 0 Å². The molecule has 20 heavy (non-hydrogen) atoms. The van der Waals surface area contributed by atoms with Gasteiger partial charge in [0.05, 0.1) is 6.10 Å². The zero-order valence-electron chi connectivity index (χ0n) is 12.4. The molecule has 4 nitrogen and oxygen atoms in total. The molecule has 0 heterocycles. The first-order valence-electron chi connectivity index (χ1n) is 6.90. The first-order valence-corrected chi connectivity index (χ1v) is 8.12. The average Bonchev–Trinajstić information content (AvgIpc) is 2.45. The minimum absolute atomic E-state index is 0.194. The predicted molar refractivity (Wildman–Crippen MR) is 84.1 cm³/mol. The van der Waals surface area contributed by atoms with E-state index in [4.69, 9.17) is 0 Å². The van der Waals surface area contributed by atoms with E-state index in [1.807, 2.05) is 25.3 Å². The van der Waals surface area contributed by atoms with Crippen LogP contribution in [0.25, 0.3) is 0 Å². The van der Waals surface area contributed by atoms with Gasteiger partial charge in [-0.2, -0.15) is 0 Å². The van der Waals surface area contributed by atoms with E-state index in [1.54, 1.807) is 11.8 Å². The van der Waals surface area contributed by atoms with Gasteiger partial charge >= 0.3 is 6.03 Å². The Morgan fingerprint density at radius 2 is 2.15 bits per heavy atom. The monoisotopic (exact) mass is 296 g/mol. The Hall–Kier alpha value is -1.20. The Morgan fingerprint density at radius 3 is 2.80 bits per heavy atom. The summed E-state index contributed by atoms with van der Waals surface area (Å²) in [5.41, 5.74) is 2.34. The Balaban J connectivity index is 2.37. The molecule has 0 radical (unpaired) electrons. The zero-order valence-corrected chi connectivity index (χ0v) is 13.2. The number of amides is 2. The van der Waals surface area contributed by atoms with Crippen molar-refractivity contribution in [3.05, 3.63) is 29.3 Å². The van der Waals surface area contributed by atoms with E-state index in [1.165, 1.54) is 10.5 Å². The van der Waals surface area contributed by atoms with Crippen LogP contribution in [-0.4, -0.2) is 30.0 Å². The number of rotatable bonds is 7. The first kappa shape index (κ1) is 16.9. The van der Waals surface area contributed by atoms with E-state index >= 15 is 0 Å². The summed E-state index contributed by atoms with van der Waals surface area (Å²) in [6.07, 6.45) is 2.99. The molecule has 0 bridgehead atoms. The molecule has 0 fully saturated rings. The minimum atomic E-state index is -0.338. The second-order valence-corrected chi connectivity index (χ2v) is 5.62. The first-order chi connectivity index (χ1) is 9.56.